The van der Waals surface area contributed by atoms with Gasteiger partial charge in [-0.25, -0.2) is 0 Å². The average Bonchev–Trinajstić information content (AvgIpc) is 3.10. The van der Waals surface area contributed by atoms with Crippen molar-refractivity contribution in [3.05, 3.63) is 28.8 Å². The van der Waals surface area contributed by atoms with E-state index in [-0.39, 0.29) is 0 Å². The van der Waals surface area contributed by atoms with E-state index >= 15 is 0 Å². The molecule has 1 aliphatic carbocycles. The third-order valence-corrected chi connectivity index (χ3v) is 2.96. The molecule has 1 aromatic carbocycles. The molecule has 92 valence electrons. The number of hydrogen-bond acceptors (Lipinski definition) is 3. The van der Waals surface area contributed by atoms with Crippen LogP contribution in [-0.2, 0) is 4.74 Å². The fraction of sp³-hybridized carbons (Fsp3) is 0.500. The normalized spacial score (nSPS) is 14.7. The molecule has 0 aliphatic heterocycles. The average molecular weight is 234 g/mol. The largest absolute Gasteiger partial charge is 0.467 e. The molecule has 1 fully saturated rings. The van der Waals surface area contributed by atoms with Gasteiger partial charge in [0.25, 0.3) is 0 Å². The minimum absolute atomic E-state index is 0.290. The first-order chi connectivity index (χ1) is 8.20. The van der Waals surface area contributed by atoms with Crippen LogP contribution in [0.3, 0.4) is 0 Å². The zero-order chi connectivity index (χ0) is 12.3. The standard InChI is InChI=1S/C14H18O3/c1-10-5-13(7-15)6-11(2)14(10)17-9-16-8-12-3-4-12/h5-7,12H,3-4,8-9H2,1-2H3. The SMILES string of the molecule is Cc1cc(C=O)cc(C)c1OCOCC1CC1. The van der Waals surface area contributed by atoms with Crippen molar-refractivity contribution in [1.29, 1.82) is 0 Å². The highest BCUT2D eigenvalue weighted by Gasteiger charge is 2.21. The number of hydrogen-bond donors (Lipinski definition) is 0. The second-order valence-corrected chi connectivity index (χ2v) is 4.68. The van der Waals surface area contributed by atoms with E-state index in [1.165, 1.54) is 12.8 Å². The maximum atomic E-state index is 10.7. The summed E-state index contributed by atoms with van der Waals surface area (Å²) in [6, 6.07) is 3.66. The molecule has 0 spiro atoms. The maximum absolute atomic E-state index is 10.7. The molecule has 1 aliphatic rings. The van der Waals surface area contributed by atoms with Crippen LogP contribution < -0.4 is 4.74 Å². The zero-order valence-electron chi connectivity index (χ0n) is 10.4. The topological polar surface area (TPSA) is 35.5 Å². The number of ether oxygens (including phenoxy) is 2. The van der Waals surface area contributed by atoms with Gasteiger partial charge < -0.3 is 9.47 Å². The smallest absolute Gasteiger partial charge is 0.189 e. The van der Waals surface area contributed by atoms with E-state index in [4.69, 9.17) is 9.47 Å². The molecule has 0 unspecified atom stereocenters. The van der Waals surface area contributed by atoms with Crippen LogP contribution in [0.25, 0.3) is 0 Å². The van der Waals surface area contributed by atoms with Crippen LogP contribution in [0.1, 0.15) is 34.3 Å². The van der Waals surface area contributed by atoms with Crippen molar-refractivity contribution in [2.45, 2.75) is 26.7 Å². The molecule has 0 atom stereocenters. The van der Waals surface area contributed by atoms with E-state index in [0.29, 0.717) is 12.4 Å². The molecule has 17 heavy (non-hydrogen) atoms. The molecule has 1 aromatic rings. The number of aldehydes is 1. The van der Waals surface area contributed by atoms with E-state index in [1.807, 2.05) is 26.0 Å². The lowest BCUT2D eigenvalue weighted by atomic mass is 10.1. The summed E-state index contributed by atoms with van der Waals surface area (Å²) in [5.41, 5.74) is 2.63. The van der Waals surface area contributed by atoms with E-state index < -0.39 is 0 Å². The predicted octanol–water partition coefficient (Wildman–Crippen LogP) is 2.88. The summed E-state index contributed by atoms with van der Waals surface area (Å²) in [6.07, 6.45) is 3.42. The van der Waals surface area contributed by atoms with Crippen LogP contribution >= 0.6 is 0 Å². The fourth-order valence-electron chi connectivity index (χ4n) is 1.88. The van der Waals surface area contributed by atoms with Gasteiger partial charge in [0.15, 0.2) is 6.79 Å². The number of benzene rings is 1. The first kappa shape index (κ1) is 12.1. The molecule has 1 saturated carbocycles. The number of rotatable bonds is 6. The fourth-order valence-corrected chi connectivity index (χ4v) is 1.88. The van der Waals surface area contributed by atoms with Crippen molar-refractivity contribution in [1.82, 2.24) is 0 Å². The second kappa shape index (κ2) is 5.32. The third kappa shape index (κ3) is 3.30. The zero-order valence-corrected chi connectivity index (χ0v) is 10.4. The third-order valence-electron chi connectivity index (χ3n) is 2.96. The molecular weight excluding hydrogens is 216 g/mol. The van der Waals surface area contributed by atoms with Gasteiger partial charge in [-0.05, 0) is 55.9 Å². The van der Waals surface area contributed by atoms with E-state index in [2.05, 4.69) is 0 Å². The Morgan fingerprint density at radius 2 is 1.94 bits per heavy atom. The monoisotopic (exact) mass is 234 g/mol. The summed E-state index contributed by atoms with van der Waals surface area (Å²) >= 11 is 0. The lowest BCUT2D eigenvalue weighted by Crippen LogP contribution is -2.07. The molecule has 0 amide bonds. The first-order valence-corrected chi connectivity index (χ1v) is 5.97. The van der Waals surface area contributed by atoms with E-state index in [1.54, 1.807) is 0 Å². The van der Waals surface area contributed by atoms with Crippen molar-refractivity contribution in [2.24, 2.45) is 5.92 Å². The Morgan fingerprint density at radius 1 is 1.29 bits per heavy atom. The molecular formula is C14H18O3. The van der Waals surface area contributed by atoms with Gasteiger partial charge in [-0.3, -0.25) is 4.79 Å². The second-order valence-electron chi connectivity index (χ2n) is 4.68. The van der Waals surface area contributed by atoms with Gasteiger partial charge in [-0.2, -0.15) is 0 Å². The minimum atomic E-state index is 0.290. The molecule has 0 bridgehead atoms. The molecule has 3 heteroatoms. The molecule has 0 radical (unpaired) electrons. The summed E-state index contributed by atoms with van der Waals surface area (Å²) in [7, 11) is 0. The lowest BCUT2D eigenvalue weighted by Gasteiger charge is -2.12. The Labute approximate surface area is 102 Å². The molecule has 0 heterocycles. The Balaban J connectivity index is 1.91. The van der Waals surface area contributed by atoms with Crippen LogP contribution in [0.15, 0.2) is 12.1 Å². The Morgan fingerprint density at radius 3 is 2.47 bits per heavy atom. The van der Waals surface area contributed by atoms with Crippen LogP contribution in [0, 0.1) is 19.8 Å². The summed E-state index contributed by atoms with van der Waals surface area (Å²) in [4.78, 5) is 10.7. The van der Waals surface area contributed by atoms with Gasteiger partial charge in [-0.15, -0.1) is 0 Å². The number of carbonyl (C=O) groups is 1. The minimum Gasteiger partial charge on any atom is -0.467 e. The van der Waals surface area contributed by atoms with Gasteiger partial charge in [0.05, 0.1) is 6.61 Å². The molecule has 3 nitrogen and oxygen atoms in total. The summed E-state index contributed by atoms with van der Waals surface area (Å²) in [5.74, 6) is 1.57. The van der Waals surface area contributed by atoms with Crippen molar-refractivity contribution in [3.8, 4) is 5.75 Å². The molecule has 0 saturated heterocycles. The molecule has 2 rings (SSSR count). The Hall–Kier alpha value is -1.35. The van der Waals surface area contributed by atoms with Crippen molar-refractivity contribution in [3.63, 3.8) is 0 Å². The van der Waals surface area contributed by atoms with Crippen LogP contribution in [0.5, 0.6) is 5.75 Å². The van der Waals surface area contributed by atoms with Crippen LogP contribution in [-0.4, -0.2) is 19.7 Å². The quantitative estimate of drug-likeness (QED) is 0.431. The van der Waals surface area contributed by atoms with Gasteiger partial charge in [0.2, 0.25) is 0 Å². The summed E-state index contributed by atoms with van der Waals surface area (Å²) in [5, 5.41) is 0. The Bertz CT molecular complexity index is 385. The highest BCUT2D eigenvalue weighted by molar-refractivity contribution is 5.76. The van der Waals surface area contributed by atoms with Gasteiger partial charge >= 0.3 is 0 Å². The summed E-state index contributed by atoms with van der Waals surface area (Å²) in [6.45, 7) is 4.97. The Kier molecular flexibility index (Phi) is 3.79. The van der Waals surface area contributed by atoms with E-state index in [0.717, 1.165) is 35.7 Å². The maximum Gasteiger partial charge on any atom is 0.189 e. The van der Waals surface area contributed by atoms with Gasteiger partial charge in [-0.1, -0.05) is 0 Å². The van der Waals surface area contributed by atoms with Gasteiger partial charge in [0.1, 0.15) is 12.0 Å². The highest BCUT2D eigenvalue weighted by atomic mass is 16.7. The first-order valence-electron chi connectivity index (χ1n) is 5.97. The van der Waals surface area contributed by atoms with Crippen molar-refractivity contribution < 1.29 is 14.3 Å². The molecule has 0 aromatic heterocycles. The molecule has 0 N–H and O–H groups in total. The van der Waals surface area contributed by atoms with Crippen molar-refractivity contribution in [2.75, 3.05) is 13.4 Å². The summed E-state index contributed by atoms with van der Waals surface area (Å²) < 4.78 is 11.0. The highest BCUT2D eigenvalue weighted by Crippen LogP contribution is 2.29. The number of carbonyl (C=O) groups excluding carboxylic acids is 1. The predicted molar refractivity (Wildman–Crippen MR) is 65.5 cm³/mol. The van der Waals surface area contributed by atoms with Crippen molar-refractivity contribution >= 4 is 6.29 Å². The number of aryl methyl sites for hydroxylation is 2. The van der Waals surface area contributed by atoms with Gasteiger partial charge in [0, 0.05) is 5.56 Å². The lowest BCUT2D eigenvalue weighted by molar-refractivity contribution is 0.00923. The van der Waals surface area contributed by atoms with Crippen LogP contribution in [0.2, 0.25) is 0 Å². The van der Waals surface area contributed by atoms with Crippen LogP contribution in [0.4, 0.5) is 0 Å². The van der Waals surface area contributed by atoms with E-state index in [9.17, 15) is 4.79 Å².